The number of likely N-dealkylation sites (tertiary alicyclic amines) is 1. The van der Waals surface area contributed by atoms with Crippen molar-refractivity contribution < 1.29 is 33.6 Å². The van der Waals surface area contributed by atoms with Gasteiger partial charge in [0.2, 0.25) is 0 Å². The van der Waals surface area contributed by atoms with Crippen molar-refractivity contribution in [2.75, 3.05) is 32.8 Å². The van der Waals surface area contributed by atoms with Crippen LogP contribution in [-0.2, 0) is 9.59 Å². The predicted octanol–water partition coefficient (Wildman–Crippen LogP) is 3.91. The van der Waals surface area contributed by atoms with E-state index >= 15 is 0 Å². The zero-order valence-corrected chi connectivity index (χ0v) is 21.4. The number of carbonyl (C=O) groups excluding carboxylic acids is 4. The van der Waals surface area contributed by atoms with E-state index in [1.807, 2.05) is 0 Å². The molecule has 0 saturated carbocycles. The van der Waals surface area contributed by atoms with Gasteiger partial charge in [0.25, 0.3) is 22.7 Å². The van der Waals surface area contributed by atoms with Crippen LogP contribution in [0, 0.1) is 10.1 Å². The molecule has 2 aliphatic heterocycles. The number of ether oxygens (including phenoxy) is 2. The number of ketones is 1. The minimum atomic E-state index is -0.621. The van der Waals surface area contributed by atoms with E-state index in [1.165, 1.54) is 30.3 Å². The van der Waals surface area contributed by atoms with Gasteiger partial charge in [0.15, 0.2) is 23.9 Å². The summed E-state index contributed by atoms with van der Waals surface area (Å²) in [4.78, 5) is 63.2. The van der Waals surface area contributed by atoms with Gasteiger partial charge < -0.3 is 14.4 Å². The van der Waals surface area contributed by atoms with E-state index in [9.17, 15) is 29.3 Å². The van der Waals surface area contributed by atoms with Gasteiger partial charge in [-0.15, -0.1) is 0 Å². The number of benzene rings is 2. The van der Waals surface area contributed by atoms with Crippen molar-refractivity contribution in [3.8, 4) is 11.5 Å². The van der Waals surface area contributed by atoms with Gasteiger partial charge >= 0.3 is 0 Å². The monoisotopic (exact) mass is 539 g/mol. The second-order valence-electron chi connectivity index (χ2n) is 8.51. The number of thioether (sulfide) groups is 1. The summed E-state index contributed by atoms with van der Waals surface area (Å²) in [5.41, 5.74) is 0.550. The van der Waals surface area contributed by atoms with Crippen molar-refractivity contribution in [2.45, 2.75) is 19.8 Å². The quantitative estimate of drug-likeness (QED) is 0.190. The van der Waals surface area contributed by atoms with E-state index in [0.29, 0.717) is 35.4 Å². The molecule has 2 fully saturated rings. The Balaban J connectivity index is 1.44. The number of nitro benzene ring substituents is 1. The lowest BCUT2D eigenvalue weighted by Crippen LogP contribution is -2.33. The van der Waals surface area contributed by atoms with Crippen LogP contribution in [0.1, 0.15) is 35.7 Å². The van der Waals surface area contributed by atoms with Crippen LogP contribution in [0.2, 0.25) is 0 Å². The molecule has 0 radical (unpaired) electrons. The largest absolute Gasteiger partial charge is 0.490 e. The summed E-state index contributed by atoms with van der Waals surface area (Å²) < 4.78 is 11.4. The summed E-state index contributed by atoms with van der Waals surface area (Å²) in [7, 11) is 0. The molecule has 2 aromatic rings. The molecule has 0 N–H and O–H groups in total. The minimum Gasteiger partial charge on any atom is -0.490 e. The number of Topliss-reactive ketones (excluding diaryl/α,β-unsaturated/α-hetero) is 1. The summed E-state index contributed by atoms with van der Waals surface area (Å²) in [5.74, 6) is -0.454. The van der Waals surface area contributed by atoms with Gasteiger partial charge in [-0.05, 0) is 67.4 Å². The van der Waals surface area contributed by atoms with Crippen LogP contribution < -0.4 is 9.47 Å². The Morgan fingerprint density at radius 1 is 1.05 bits per heavy atom. The molecule has 0 bridgehead atoms. The molecule has 11 nitrogen and oxygen atoms in total. The van der Waals surface area contributed by atoms with Gasteiger partial charge in [0, 0.05) is 30.8 Å². The molecular formula is C26H25N3O8S. The smallest absolute Gasteiger partial charge is 0.293 e. The van der Waals surface area contributed by atoms with Crippen molar-refractivity contribution in [3.05, 3.63) is 68.6 Å². The van der Waals surface area contributed by atoms with Crippen molar-refractivity contribution in [1.82, 2.24) is 9.80 Å². The van der Waals surface area contributed by atoms with Crippen molar-refractivity contribution in [1.29, 1.82) is 0 Å². The van der Waals surface area contributed by atoms with Gasteiger partial charge in [-0.1, -0.05) is 6.07 Å². The molecule has 0 unspecified atom stereocenters. The van der Waals surface area contributed by atoms with E-state index in [4.69, 9.17) is 9.47 Å². The first-order chi connectivity index (χ1) is 18.3. The van der Waals surface area contributed by atoms with Crippen molar-refractivity contribution >= 4 is 46.4 Å². The van der Waals surface area contributed by atoms with Crippen LogP contribution >= 0.6 is 11.8 Å². The second kappa shape index (κ2) is 11.9. The molecule has 2 heterocycles. The molecule has 0 aromatic heterocycles. The van der Waals surface area contributed by atoms with E-state index < -0.39 is 28.4 Å². The van der Waals surface area contributed by atoms with Crippen LogP contribution in [0.25, 0.3) is 6.08 Å². The molecule has 0 atom stereocenters. The second-order valence-corrected chi connectivity index (χ2v) is 9.50. The highest BCUT2D eigenvalue weighted by molar-refractivity contribution is 8.18. The van der Waals surface area contributed by atoms with E-state index in [0.717, 1.165) is 30.8 Å². The molecule has 0 aliphatic carbocycles. The lowest BCUT2D eigenvalue weighted by molar-refractivity contribution is -0.384. The van der Waals surface area contributed by atoms with E-state index in [1.54, 1.807) is 30.0 Å². The molecular weight excluding hydrogens is 514 g/mol. The molecule has 2 aromatic carbocycles. The average molecular weight is 540 g/mol. The van der Waals surface area contributed by atoms with Gasteiger partial charge in [-0.25, -0.2) is 0 Å². The fourth-order valence-corrected chi connectivity index (χ4v) is 4.83. The normalized spacial score (nSPS) is 16.3. The number of hydrogen-bond acceptors (Lipinski definition) is 9. The topological polar surface area (TPSA) is 136 Å². The van der Waals surface area contributed by atoms with Crippen LogP contribution in [-0.4, -0.2) is 70.4 Å². The van der Waals surface area contributed by atoms with Gasteiger partial charge in [-0.3, -0.25) is 34.2 Å². The maximum Gasteiger partial charge on any atom is 0.293 e. The fraction of sp³-hybridized carbons (Fsp3) is 0.308. The Hall–Kier alpha value is -4.19. The SMILES string of the molecule is CCOc1cc(/C=C2\SC(=O)N(CC(=O)c3ccc([N+](=O)[O-])cc3)C2=O)ccc1OCC(=O)N1CCCC1. The Morgan fingerprint density at radius 3 is 2.42 bits per heavy atom. The van der Waals surface area contributed by atoms with E-state index in [-0.39, 0.29) is 28.7 Å². The molecule has 2 aliphatic rings. The van der Waals surface area contributed by atoms with Gasteiger partial charge in [-0.2, -0.15) is 0 Å². The highest BCUT2D eigenvalue weighted by Gasteiger charge is 2.36. The summed E-state index contributed by atoms with van der Waals surface area (Å²) in [5, 5.41) is 10.2. The summed E-state index contributed by atoms with van der Waals surface area (Å²) >= 11 is 0.707. The summed E-state index contributed by atoms with van der Waals surface area (Å²) in [6.45, 7) is 3.02. The Bertz CT molecular complexity index is 1300. The average Bonchev–Trinajstić information content (AvgIpc) is 3.53. The molecule has 0 spiro atoms. The fourth-order valence-electron chi connectivity index (χ4n) is 3.99. The number of hydrogen-bond donors (Lipinski definition) is 0. The maximum atomic E-state index is 12.9. The first-order valence-electron chi connectivity index (χ1n) is 12.0. The van der Waals surface area contributed by atoms with Crippen LogP contribution in [0.5, 0.6) is 11.5 Å². The standard InChI is InChI=1S/C26H25N3O8S/c1-2-36-22-13-17(5-10-21(22)37-16-24(31)27-11-3-4-12-27)14-23-25(32)28(26(33)38-23)15-20(30)18-6-8-19(9-7-18)29(34)35/h5-10,13-14H,2-4,11-12,15-16H2,1H3/b23-14-. The van der Waals surface area contributed by atoms with Crippen LogP contribution in [0.3, 0.4) is 0 Å². The van der Waals surface area contributed by atoms with Gasteiger partial charge in [0.1, 0.15) is 0 Å². The number of nitro groups is 1. The molecule has 2 saturated heterocycles. The third-order valence-electron chi connectivity index (χ3n) is 5.95. The zero-order chi connectivity index (χ0) is 27.2. The summed E-state index contributed by atoms with van der Waals surface area (Å²) in [6.07, 6.45) is 3.49. The lowest BCUT2D eigenvalue weighted by Gasteiger charge is -2.17. The number of carbonyl (C=O) groups is 4. The number of nitrogens with zero attached hydrogens (tertiary/aromatic N) is 3. The number of rotatable bonds is 10. The molecule has 198 valence electrons. The number of imide groups is 1. The Labute approximate surface area is 222 Å². The highest BCUT2D eigenvalue weighted by Crippen LogP contribution is 2.35. The highest BCUT2D eigenvalue weighted by atomic mass is 32.2. The first kappa shape index (κ1) is 26.9. The molecule has 3 amide bonds. The third kappa shape index (κ3) is 6.20. The molecule has 4 rings (SSSR count). The van der Waals surface area contributed by atoms with Gasteiger partial charge in [0.05, 0.1) is 23.0 Å². The zero-order valence-electron chi connectivity index (χ0n) is 20.6. The molecule has 12 heteroatoms. The van der Waals surface area contributed by atoms with Crippen LogP contribution in [0.15, 0.2) is 47.4 Å². The summed E-state index contributed by atoms with van der Waals surface area (Å²) in [6, 6.07) is 9.90. The minimum absolute atomic E-state index is 0.0917. The number of amides is 3. The predicted molar refractivity (Wildman–Crippen MR) is 139 cm³/mol. The lowest BCUT2D eigenvalue weighted by atomic mass is 10.1. The van der Waals surface area contributed by atoms with E-state index in [2.05, 4.69) is 0 Å². The number of non-ortho nitro benzene ring substituents is 1. The maximum absolute atomic E-state index is 12.9. The van der Waals surface area contributed by atoms with Crippen molar-refractivity contribution in [3.63, 3.8) is 0 Å². The molecule has 38 heavy (non-hydrogen) atoms. The first-order valence-corrected chi connectivity index (χ1v) is 12.8. The third-order valence-corrected chi connectivity index (χ3v) is 6.86. The van der Waals surface area contributed by atoms with Crippen LogP contribution in [0.4, 0.5) is 10.5 Å². The Kier molecular flexibility index (Phi) is 8.41. The van der Waals surface area contributed by atoms with Crippen molar-refractivity contribution in [2.24, 2.45) is 0 Å². The Morgan fingerprint density at radius 2 is 1.76 bits per heavy atom.